The molecule has 0 spiro atoms. The third-order valence-electron chi connectivity index (χ3n) is 3.76. The van der Waals surface area contributed by atoms with Crippen LogP contribution in [0.3, 0.4) is 0 Å². The Hall–Kier alpha value is -1.72. The van der Waals surface area contributed by atoms with Crippen LogP contribution in [0.15, 0.2) is 34.7 Å². The van der Waals surface area contributed by atoms with Crippen molar-refractivity contribution in [3.8, 4) is 11.5 Å². The van der Waals surface area contributed by atoms with Gasteiger partial charge in [-0.25, -0.2) is 0 Å². The molecule has 2 aromatic rings. The quantitative estimate of drug-likeness (QED) is 0.811. The number of hydrogen-bond acceptors (Lipinski definition) is 5. The Morgan fingerprint density at radius 2 is 1.85 bits per heavy atom. The molecule has 20 heavy (non-hydrogen) atoms. The van der Waals surface area contributed by atoms with Crippen LogP contribution in [0.1, 0.15) is 32.6 Å². The average molecular weight is 275 g/mol. The Morgan fingerprint density at radius 3 is 2.45 bits per heavy atom. The zero-order valence-corrected chi connectivity index (χ0v) is 12.0. The summed E-state index contributed by atoms with van der Waals surface area (Å²) >= 11 is 0. The van der Waals surface area contributed by atoms with Gasteiger partial charge in [0.1, 0.15) is 0 Å². The molecule has 0 aliphatic carbocycles. The van der Waals surface area contributed by atoms with E-state index >= 15 is 0 Å². The third kappa shape index (κ3) is 3.23. The molecule has 2 rings (SSSR count). The van der Waals surface area contributed by atoms with Gasteiger partial charge in [0.05, 0.1) is 13.2 Å². The number of rotatable bonds is 7. The van der Waals surface area contributed by atoms with E-state index in [0.29, 0.717) is 18.3 Å². The minimum absolute atomic E-state index is 0.0969. The van der Waals surface area contributed by atoms with Crippen LogP contribution in [-0.4, -0.2) is 27.4 Å². The number of hydrogen-bond donors (Lipinski definition) is 2. The molecule has 5 nitrogen and oxygen atoms in total. The van der Waals surface area contributed by atoms with Gasteiger partial charge >= 0.3 is 0 Å². The first-order valence-corrected chi connectivity index (χ1v) is 6.96. The third-order valence-corrected chi connectivity index (χ3v) is 3.76. The fourth-order valence-electron chi connectivity index (χ4n) is 2.07. The summed E-state index contributed by atoms with van der Waals surface area (Å²) in [7, 11) is 0. The van der Waals surface area contributed by atoms with Crippen LogP contribution < -0.4 is 5.32 Å². The molecule has 0 fully saturated rings. The second-order valence-corrected chi connectivity index (χ2v) is 4.87. The fourth-order valence-corrected chi connectivity index (χ4v) is 2.07. The van der Waals surface area contributed by atoms with Crippen LogP contribution in [0.2, 0.25) is 0 Å². The highest BCUT2D eigenvalue weighted by atomic mass is 16.4. The first-order chi connectivity index (χ1) is 9.73. The van der Waals surface area contributed by atoms with E-state index in [2.05, 4.69) is 29.4 Å². The Bertz CT molecular complexity index is 513. The first kappa shape index (κ1) is 14.7. The molecule has 0 saturated carbocycles. The average Bonchev–Trinajstić information content (AvgIpc) is 2.99. The number of aromatic nitrogens is 2. The predicted molar refractivity (Wildman–Crippen MR) is 77.0 cm³/mol. The van der Waals surface area contributed by atoms with Gasteiger partial charge in [-0.15, -0.1) is 10.2 Å². The number of nitrogens with zero attached hydrogens (tertiary/aromatic N) is 2. The fraction of sp³-hybridized carbons (Fsp3) is 0.467. The summed E-state index contributed by atoms with van der Waals surface area (Å²) in [6.45, 7) is 4.66. The summed E-state index contributed by atoms with van der Waals surface area (Å²) in [6, 6.07) is 9.67. The van der Waals surface area contributed by atoms with Crippen LogP contribution in [0.5, 0.6) is 0 Å². The van der Waals surface area contributed by atoms with E-state index in [9.17, 15) is 5.11 Å². The van der Waals surface area contributed by atoms with Crippen LogP contribution in [0.4, 0.5) is 0 Å². The van der Waals surface area contributed by atoms with Crippen molar-refractivity contribution in [1.82, 2.24) is 15.5 Å². The second kappa shape index (κ2) is 6.63. The lowest BCUT2D eigenvalue weighted by Crippen LogP contribution is -2.47. The molecule has 1 aromatic carbocycles. The number of benzene rings is 1. The molecule has 0 bridgehead atoms. The van der Waals surface area contributed by atoms with Gasteiger partial charge in [-0.3, -0.25) is 0 Å². The molecule has 0 radical (unpaired) electrons. The van der Waals surface area contributed by atoms with E-state index in [1.165, 1.54) is 0 Å². The molecular weight excluding hydrogens is 254 g/mol. The summed E-state index contributed by atoms with van der Waals surface area (Å²) in [6.07, 6.45) is 1.69. The van der Waals surface area contributed by atoms with Gasteiger partial charge in [0, 0.05) is 11.1 Å². The molecule has 5 heteroatoms. The summed E-state index contributed by atoms with van der Waals surface area (Å²) in [5.74, 6) is 1.05. The zero-order valence-electron chi connectivity index (χ0n) is 12.0. The Balaban J connectivity index is 2.03. The maximum Gasteiger partial charge on any atom is 0.247 e. The number of aliphatic hydroxyl groups is 1. The SMILES string of the molecule is CCC(CC)(CO)NCc1nnc(-c2ccccc2)o1. The van der Waals surface area contributed by atoms with Crippen LogP contribution in [-0.2, 0) is 6.54 Å². The molecule has 108 valence electrons. The van der Waals surface area contributed by atoms with Gasteiger partial charge < -0.3 is 14.8 Å². The van der Waals surface area contributed by atoms with Crippen molar-refractivity contribution >= 4 is 0 Å². The Labute approximate surface area is 119 Å². The standard InChI is InChI=1S/C15H21N3O2/c1-3-15(4-2,11-19)16-10-13-17-18-14(20-13)12-8-6-5-7-9-12/h5-9,16,19H,3-4,10-11H2,1-2H3. The summed E-state index contributed by atoms with van der Waals surface area (Å²) in [5, 5.41) is 20.9. The van der Waals surface area contributed by atoms with E-state index in [1.54, 1.807) is 0 Å². The summed E-state index contributed by atoms with van der Waals surface area (Å²) < 4.78 is 5.63. The minimum Gasteiger partial charge on any atom is -0.419 e. The highest BCUT2D eigenvalue weighted by molar-refractivity contribution is 5.51. The van der Waals surface area contributed by atoms with Crippen molar-refractivity contribution in [3.05, 3.63) is 36.2 Å². The molecular formula is C15H21N3O2. The van der Waals surface area contributed by atoms with E-state index in [4.69, 9.17) is 4.42 Å². The molecule has 0 atom stereocenters. The van der Waals surface area contributed by atoms with E-state index in [1.807, 2.05) is 30.3 Å². The highest BCUT2D eigenvalue weighted by Gasteiger charge is 2.25. The molecule has 0 saturated heterocycles. The van der Waals surface area contributed by atoms with Crippen LogP contribution in [0.25, 0.3) is 11.5 Å². The van der Waals surface area contributed by atoms with Crippen molar-refractivity contribution < 1.29 is 9.52 Å². The molecule has 1 heterocycles. The van der Waals surface area contributed by atoms with Gasteiger partial charge in [-0.2, -0.15) is 0 Å². The number of nitrogens with one attached hydrogen (secondary N) is 1. The van der Waals surface area contributed by atoms with Crippen molar-refractivity contribution in [3.63, 3.8) is 0 Å². The van der Waals surface area contributed by atoms with Crippen LogP contribution in [0, 0.1) is 0 Å². The van der Waals surface area contributed by atoms with Crippen molar-refractivity contribution in [2.45, 2.75) is 38.8 Å². The van der Waals surface area contributed by atoms with E-state index in [0.717, 1.165) is 18.4 Å². The van der Waals surface area contributed by atoms with Gasteiger partial charge in [-0.05, 0) is 25.0 Å². The monoisotopic (exact) mass is 275 g/mol. The Kier molecular flexibility index (Phi) is 4.87. The van der Waals surface area contributed by atoms with Crippen LogP contribution >= 0.6 is 0 Å². The topological polar surface area (TPSA) is 71.2 Å². The van der Waals surface area contributed by atoms with Crippen molar-refractivity contribution in [2.24, 2.45) is 0 Å². The minimum atomic E-state index is -0.276. The molecule has 0 aliphatic rings. The summed E-state index contributed by atoms with van der Waals surface area (Å²) in [5.41, 5.74) is 0.632. The Morgan fingerprint density at radius 1 is 1.15 bits per heavy atom. The highest BCUT2D eigenvalue weighted by Crippen LogP contribution is 2.18. The molecule has 2 N–H and O–H groups in total. The first-order valence-electron chi connectivity index (χ1n) is 6.96. The smallest absolute Gasteiger partial charge is 0.247 e. The molecule has 0 unspecified atom stereocenters. The van der Waals surface area contributed by atoms with Crippen molar-refractivity contribution in [2.75, 3.05) is 6.61 Å². The lowest BCUT2D eigenvalue weighted by molar-refractivity contribution is 0.146. The second-order valence-electron chi connectivity index (χ2n) is 4.87. The molecule has 1 aromatic heterocycles. The zero-order chi connectivity index (χ0) is 14.4. The maximum absolute atomic E-state index is 9.51. The maximum atomic E-state index is 9.51. The largest absolute Gasteiger partial charge is 0.419 e. The lowest BCUT2D eigenvalue weighted by Gasteiger charge is -2.30. The van der Waals surface area contributed by atoms with Gasteiger partial charge in [0.25, 0.3) is 0 Å². The summed E-state index contributed by atoms with van der Waals surface area (Å²) in [4.78, 5) is 0. The molecule has 0 amide bonds. The predicted octanol–water partition coefficient (Wildman–Crippen LogP) is 2.38. The van der Waals surface area contributed by atoms with E-state index in [-0.39, 0.29) is 12.1 Å². The van der Waals surface area contributed by atoms with Gasteiger partial charge in [-0.1, -0.05) is 32.0 Å². The normalized spacial score (nSPS) is 11.8. The van der Waals surface area contributed by atoms with Gasteiger partial charge in [0.2, 0.25) is 11.8 Å². The van der Waals surface area contributed by atoms with Gasteiger partial charge in [0.15, 0.2) is 0 Å². The van der Waals surface area contributed by atoms with E-state index < -0.39 is 0 Å². The number of aliphatic hydroxyl groups excluding tert-OH is 1. The lowest BCUT2D eigenvalue weighted by atomic mass is 9.94. The molecule has 0 aliphatic heterocycles. The van der Waals surface area contributed by atoms with Crippen molar-refractivity contribution in [1.29, 1.82) is 0 Å².